The van der Waals surface area contributed by atoms with Gasteiger partial charge in [-0.3, -0.25) is 0 Å². The summed E-state index contributed by atoms with van der Waals surface area (Å²) in [7, 11) is 2.22. The molecule has 0 aliphatic carbocycles. The molecule has 0 saturated carbocycles. The third kappa shape index (κ3) is 7.24. The summed E-state index contributed by atoms with van der Waals surface area (Å²) in [6, 6.07) is 0.677. The van der Waals surface area contributed by atoms with Crippen LogP contribution in [0.4, 0.5) is 0 Å². The molecule has 0 spiro atoms. The molecule has 0 N–H and O–H groups in total. The Hall–Kier alpha value is -0.0800. The Bertz CT molecular complexity index is 148. The topological polar surface area (TPSA) is 6.48 Å². The highest BCUT2D eigenvalue weighted by atomic mass is 15.2. The molecular weight excluding hydrogens is 196 g/mol. The summed E-state index contributed by atoms with van der Waals surface area (Å²) in [6.45, 7) is 13.9. The second-order valence-corrected chi connectivity index (χ2v) is 4.88. The van der Waals surface area contributed by atoms with Gasteiger partial charge in [-0.1, -0.05) is 40.0 Å². The number of unbranched alkanes of at least 4 members (excludes halogenated alkanes) is 3. The van der Waals surface area contributed by atoms with E-state index in [1.807, 2.05) is 0 Å². The molecule has 0 aromatic carbocycles. The smallest absolute Gasteiger partial charge is 0.0191 e. The molecule has 1 atom stereocenters. The van der Waals surface area contributed by atoms with Crippen molar-refractivity contribution in [3.8, 4) is 0 Å². The van der Waals surface area contributed by atoms with E-state index in [2.05, 4.69) is 44.5 Å². The molecule has 0 aromatic heterocycles. The number of hydrogen-bond donors (Lipinski definition) is 0. The van der Waals surface area contributed by atoms with Crippen LogP contribution in [0.2, 0.25) is 0 Å². The molecular formula is C14H32N2. The van der Waals surface area contributed by atoms with Crippen LogP contribution < -0.4 is 0 Å². The summed E-state index contributed by atoms with van der Waals surface area (Å²) in [5.41, 5.74) is 0. The lowest BCUT2D eigenvalue weighted by Gasteiger charge is -2.29. The van der Waals surface area contributed by atoms with Crippen molar-refractivity contribution >= 4 is 0 Å². The van der Waals surface area contributed by atoms with E-state index in [0.717, 1.165) is 6.54 Å². The quantitative estimate of drug-likeness (QED) is 0.530. The van der Waals surface area contributed by atoms with E-state index < -0.39 is 0 Å². The summed E-state index contributed by atoms with van der Waals surface area (Å²) in [5.74, 6) is 0. The Morgan fingerprint density at radius 1 is 0.938 bits per heavy atom. The van der Waals surface area contributed by atoms with Crippen LogP contribution in [0.15, 0.2) is 0 Å². The molecule has 0 heterocycles. The molecule has 16 heavy (non-hydrogen) atoms. The van der Waals surface area contributed by atoms with Crippen molar-refractivity contribution in [2.24, 2.45) is 0 Å². The van der Waals surface area contributed by atoms with Crippen LogP contribution in [0, 0.1) is 0 Å². The summed E-state index contributed by atoms with van der Waals surface area (Å²) >= 11 is 0. The van der Waals surface area contributed by atoms with Crippen molar-refractivity contribution in [3.63, 3.8) is 0 Å². The van der Waals surface area contributed by atoms with Crippen molar-refractivity contribution < 1.29 is 0 Å². The van der Waals surface area contributed by atoms with E-state index in [4.69, 9.17) is 0 Å². The summed E-state index contributed by atoms with van der Waals surface area (Å²) < 4.78 is 0. The minimum atomic E-state index is 0.677. The number of rotatable bonds is 10. The van der Waals surface area contributed by atoms with Gasteiger partial charge < -0.3 is 9.80 Å². The Morgan fingerprint density at radius 2 is 1.62 bits per heavy atom. The van der Waals surface area contributed by atoms with Gasteiger partial charge in [-0.05, 0) is 40.0 Å². The fourth-order valence-corrected chi connectivity index (χ4v) is 1.97. The Kier molecular flexibility index (Phi) is 10.0. The van der Waals surface area contributed by atoms with E-state index >= 15 is 0 Å². The van der Waals surface area contributed by atoms with Gasteiger partial charge in [0.15, 0.2) is 0 Å². The van der Waals surface area contributed by atoms with Crippen LogP contribution in [0.3, 0.4) is 0 Å². The predicted molar refractivity (Wildman–Crippen MR) is 74.0 cm³/mol. The number of nitrogens with zero attached hydrogens (tertiary/aromatic N) is 2. The van der Waals surface area contributed by atoms with Gasteiger partial charge in [-0.25, -0.2) is 0 Å². The van der Waals surface area contributed by atoms with E-state index in [9.17, 15) is 0 Å². The average Bonchev–Trinajstić information content (AvgIpc) is 2.31. The van der Waals surface area contributed by atoms with E-state index in [1.165, 1.54) is 45.3 Å². The molecule has 0 bridgehead atoms. The van der Waals surface area contributed by atoms with Crippen LogP contribution in [0.5, 0.6) is 0 Å². The highest BCUT2D eigenvalue weighted by molar-refractivity contribution is 4.68. The lowest BCUT2D eigenvalue weighted by atomic mass is 10.2. The monoisotopic (exact) mass is 228 g/mol. The third-order valence-corrected chi connectivity index (χ3v) is 3.55. The standard InChI is InChI=1S/C14H32N2/c1-6-9-10-11-12-16(8-3)13-14(4)15(5)7-2/h14H,6-13H2,1-5H3. The molecule has 0 fully saturated rings. The van der Waals surface area contributed by atoms with Crippen LogP contribution in [0.1, 0.15) is 53.4 Å². The van der Waals surface area contributed by atoms with Gasteiger partial charge in [0.2, 0.25) is 0 Å². The minimum Gasteiger partial charge on any atom is -0.303 e. The molecule has 0 radical (unpaired) electrons. The molecule has 1 unspecified atom stereocenters. The molecule has 0 aliphatic heterocycles. The van der Waals surface area contributed by atoms with Gasteiger partial charge in [-0.2, -0.15) is 0 Å². The Labute approximate surface area is 103 Å². The largest absolute Gasteiger partial charge is 0.303 e. The Morgan fingerprint density at radius 3 is 2.12 bits per heavy atom. The first-order chi connectivity index (χ1) is 7.65. The SMILES string of the molecule is CCCCCCN(CC)CC(C)N(C)CC. The van der Waals surface area contributed by atoms with Gasteiger partial charge in [0.25, 0.3) is 0 Å². The number of likely N-dealkylation sites (N-methyl/N-ethyl adjacent to an activating group) is 2. The van der Waals surface area contributed by atoms with Gasteiger partial charge in [0, 0.05) is 12.6 Å². The van der Waals surface area contributed by atoms with Crippen LogP contribution in [0.25, 0.3) is 0 Å². The van der Waals surface area contributed by atoms with Crippen molar-refractivity contribution in [3.05, 3.63) is 0 Å². The second-order valence-electron chi connectivity index (χ2n) is 4.88. The molecule has 0 amide bonds. The fraction of sp³-hybridized carbons (Fsp3) is 1.00. The first kappa shape index (κ1) is 15.9. The number of hydrogen-bond acceptors (Lipinski definition) is 2. The maximum Gasteiger partial charge on any atom is 0.0191 e. The highest BCUT2D eigenvalue weighted by Crippen LogP contribution is 2.04. The molecule has 0 saturated heterocycles. The molecule has 2 nitrogen and oxygen atoms in total. The minimum absolute atomic E-state index is 0.677. The molecule has 0 rings (SSSR count). The average molecular weight is 228 g/mol. The van der Waals surface area contributed by atoms with E-state index in [0.29, 0.717) is 6.04 Å². The zero-order valence-electron chi connectivity index (χ0n) is 12.1. The van der Waals surface area contributed by atoms with Crippen molar-refractivity contribution in [1.29, 1.82) is 0 Å². The zero-order valence-corrected chi connectivity index (χ0v) is 12.1. The highest BCUT2D eigenvalue weighted by Gasteiger charge is 2.11. The van der Waals surface area contributed by atoms with Crippen LogP contribution >= 0.6 is 0 Å². The summed E-state index contributed by atoms with van der Waals surface area (Å²) in [4.78, 5) is 5.02. The summed E-state index contributed by atoms with van der Waals surface area (Å²) in [5, 5.41) is 0. The van der Waals surface area contributed by atoms with Gasteiger partial charge in [0.1, 0.15) is 0 Å². The van der Waals surface area contributed by atoms with Gasteiger partial charge in [0.05, 0.1) is 0 Å². The second kappa shape index (κ2) is 10.1. The van der Waals surface area contributed by atoms with Crippen molar-refractivity contribution in [1.82, 2.24) is 9.80 Å². The summed E-state index contributed by atoms with van der Waals surface area (Å²) in [6.07, 6.45) is 5.48. The van der Waals surface area contributed by atoms with Gasteiger partial charge >= 0.3 is 0 Å². The maximum absolute atomic E-state index is 2.59. The lowest BCUT2D eigenvalue weighted by Crippen LogP contribution is -2.40. The molecule has 98 valence electrons. The predicted octanol–water partition coefficient (Wildman–Crippen LogP) is 3.23. The fourth-order valence-electron chi connectivity index (χ4n) is 1.97. The first-order valence-corrected chi connectivity index (χ1v) is 7.08. The van der Waals surface area contributed by atoms with E-state index in [-0.39, 0.29) is 0 Å². The van der Waals surface area contributed by atoms with E-state index in [1.54, 1.807) is 0 Å². The van der Waals surface area contributed by atoms with Gasteiger partial charge in [-0.15, -0.1) is 0 Å². The zero-order chi connectivity index (χ0) is 12.4. The first-order valence-electron chi connectivity index (χ1n) is 7.08. The lowest BCUT2D eigenvalue weighted by molar-refractivity contribution is 0.180. The van der Waals surface area contributed by atoms with Crippen LogP contribution in [-0.2, 0) is 0 Å². The molecule has 0 aromatic rings. The molecule has 2 heteroatoms. The molecule has 0 aliphatic rings. The van der Waals surface area contributed by atoms with Crippen LogP contribution in [-0.4, -0.2) is 49.1 Å². The Balaban J connectivity index is 3.73. The normalized spacial score (nSPS) is 13.7. The van der Waals surface area contributed by atoms with Crippen molar-refractivity contribution in [2.75, 3.05) is 33.2 Å². The third-order valence-electron chi connectivity index (χ3n) is 3.55. The maximum atomic E-state index is 2.59. The van der Waals surface area contributed by atoms with Crippen molar-refractivity contribution in [2.45, 2.75) is 59.4 Å².